The van der Waals surface area contributed by atoms with Crippen molar-refractivity contribution in [2.75, 3.05) is 20.3 Å². The molecule has 4 atom stereocenters. The Kier molecular flexibility index (Phi) is 5.18. The van der Waals surface area contributed by atoms with E-state index in [4.69, 9.17) is 14.2 Å². The number of amides is 1. The van der Waals surface area contributed by atoms with Crippen LogP contribution in [0.1, 0.15) is 27.7 Å². The summed E-state index contributed by atoms with van der Waals surface area (Å²) in [5, 5.41) is 21.9. The number of carbonyl (C=O) groups excluding carboxylic acids is 2. The van der Waals surface area contributed by atoms with Gasteiger partial charge in [-0.3, -0.25) is 19.8 Å². The predicted molar refractivity (Wildman–Crippen MR) is 87.7 cm³/mol. The molecule has 0 aliphatic carbocycles. The number of aliphatic hydroxyl groups excluding tert-OH is 1. The average molecular weight is 372 g/mol. The Labute approximate surface area is 150 Å². The highest BCUT2D eigenvalue weighted by molar-refractivity contribution is 5.81. The van der Waals surface area contributed by atoms with E-state index in [2.05, 4.69) is 0 Å². The van der Waals surface area contributed by atoms with Crippen LogP contribution >= 0.6 is 0 Å². The predicted octanol–water partition coefficient (Wildman–Crippen LogP) is 0.705. The van der Waals surface area contributed by atoms with Gasteiger partial charge in [0.15, 0.2) is 11.5 Å². The largest absolute Gasteiger partial charge is 0.498 e. The van der Waals surface area contributed by atoms with E-state index < -0.39 is 52.7 Å². The van der Waals surface area contributed by atoms with Crippen LogP contribution in [0.4, 0.5) is 4.79 Å². The SMILES string of the molecule is CCOC(=O)[C@H]1[C@@H]2C=C(OC)[C@](CO)([C@@H]1[N+](=O)[O-])N2C(=O)OC(C)(C)C. The maximum Gasteiger partial charge on any atom is 0.411 e. The Morgan fingerprint density at radius 2 is 2.04 bits per heavy atom. The minimum Gasteiger partial charge on any atom is -0.498 e. The molecule has 1 fully saturated rings. The maximum atomic E-state index is 12.8. The van der Waals surface area contributed by atoms with Gasteiger partial charge in [0, 0.05) is 4.92 Å². The molecule has 1 N–H and O–H groups in total. The zero-order valence-corrected chi connectivity index (χ0v) is 15.4. The number of aliphatic hydroxyl groups is 1. The van der Waals surface area contributed by atoms with Gasteiger partial charge < -0.3 is 19.3 Å². The highest BCUT2D eigenvalue weighted by Gasteiger charge is 2.75. The number of fused-ring (bicyclic) bond motifs is 2. The topological polar surface area (TPSA) is 128 Å². The van der Waals surface area contributed by atoms with Crippen LogP contribution in [0.25, 0.3) is 0 Å². The van der Waals surface area contributed by atoms with Crippen LogP contribution in [0, 0.1) is 16.0 Å². The quantitative estimate of drug-likeness (QED) is 0.424. The first kappa shape index (κ1) is 20.0. The average Bonchev–Trinajstić information content (AvgIpc) is 3.01. The summed E-state index contributed by atoms with van der Waals surface area (Å²) in [4.78, 5) is 37.3. The van der Waals surface area contributed by atoms with Crippen LogP contribution in [0.15, 0.2) is 11.8 Å². The molecule has 2 aliphatic heterocycles. The van der Waals surface area contributed by atoms with Crippen molar-refractivity contribution < 1.29 is 33.8 Å². The number of hydrogen-bond donors (Lipinski definition) is 1. The molecule has 2 heterocycles. The van der Waals surface area contributed by atoms with Crippen molar-refractivity contribution >= 4 is 12.1 Å². The van der Waals surface area contributed by atoms with E-state index in [0.29, 0.717) is 0 Å². The highest BCUT2D eigenvalue weighted by Crippen LogP contribution is 2.51. The van der Waals surface area contributed by atoms with Gasteiger partial charge in [0.05, 0.1) is 26.4 Å². The molecule has 26 heavy (non-hydrogen) atoms. The van der Waals surface area contributed by atoms with Gasteiger partial charge in [-0.1, -0.05) is 0 Å². The molecule has 0 radical (unpaired) electrons. The molecule has 0 unspecified atom stereocenters. The fourth-order valence-corrected chi connectivity index (χ4v) is 3.70. The third-order valence-corrected chi connectivity index (χ3v) is 4.51. The van der Waals surface area contributed by atoms with Gasteiger partial charge in [-0.2, -0.15) is 0 Å². The van der Waals surface area contributed by atoms with Crippen LogP contribution in [0.5, 0.6) is 0 Å². The van der Waals surface area contributed by atoms with Gasteiger partial charge in [-0.05, 0) is 33.8 Å². The molecule has 2 bridgehead atoms. The normalized spacial score (nSPS) is 30.0. The Morgan fingerprint density at radius 1 is 1.42 bits per heavy atom. The molecule has 1 saturated heterocycles. The number of rotatable bonds is 5. The lowest BCUT2D eigenvalue weighted by Crippen LogP contribution is -2.59. The standard InChI is InChI=1S/C16H24N2O8/c1-6-25-13(20)11-9-7-10(24-5)16(8-19,12(11)18(22)23)17(9)14(21)26-15(2,3)4/h7,9,11-12,19H,6,8H2,1-5H3/t9-,11-,12+,16+/m0/s1. The summed E-state index contributed by atoms with van der Waals surface area (Å²) in [5.41, 5.74) is -2.70. The van der Waals surface area contributed by atoms with Crippen molar-refractivity contribution in [3.63, 3.8) is 0 Å². The van der Waals surface area contributed by atoms with Crippen molar-refractivity contribution in [2.45, 2.75) is 50.9 Å². The molecule has 146 valence electrons. The smallest absolute Gasteiger partial charge is 0.411 e. The summed E-state index contributed by atoms with van der Waals surface area (Å²) in [7, 11) is 1.29. The Bertz CT molecular complexity index is 641. The van der Waals surface area contributed by atoms with Crippen molar-refractivity contribution in [3.8, 4) is 0 Å². The minimum atomic E-state index is -1.83. The Morgan fingerprint density at radius 3 is 2.46 bits per heavy atom. The summed E-state index contributed by atoms with van der Waals surface area (Å²) in [6, 6.07) is -2.63. The van der Waals surface area contributed by atoms with Crippen LogP contribution in [0.3, 0.4) is 0 Å². The first-order valence-corrected chi connectivity index (χ1v) is 8.24. The first-order chi connectivity index (χ1) is 12.0. The molecule has 0 aromatic carbocycles. The summed E-state index contributed by atoms with van der Waals surface area (Å²) < 4.78 is 15.5. The lowest BCUT2D eigenvalue weighted by atomic mass is 9.80. The maximum absolute atomic E-state index is 12.8. The molecule has 2 rings (SSSR count). The molecule has 1 amide bonds. The molecule has 10 heteroatoms. The van der Waals surface area contributed by atoms with E-state index in [1.54, 1.807) is 27.7 Å². The third-order valence-electron chi connectivity index (χ3n) is 4.51. The second-order valence-corrected chi connectivity index (χ2v) is 7.17. The fourth-order valence-electron chi connectivity index (χ4n) is 3.70. The Hall–Kier alpha value is -2.36. The number of methoxy groups -OCH3 is 1. The monoisotopic (exact) mass is 372 g/mol. The fraction of sp³-hybridized carbons (Fsp3) is 0.750. The summed E-state index contributed by atoms with van der Waals surface area (Å²) in [6.45, 7) is 5.75. The number of esters is 1. The van der Waals surface area contributed by atoms with E-state index in [-0.39, 0.29) is 12.4 Å². The van der Waals surface area contributed by atoms with Crippen LogP contribution < -0.4 is 0 Å². The second-order valence-electron chi connectivity index (χ2n) is 7.17. The third kappa shape index (κ3) is 2.87. The van der Waals surface area contributed by atoms with Crippen molar-refractivity contribution in [2.24, 2.45) is 5.92 Å². The molecule has 0 aromatic rings. The van der Waals surface area contributed by atoms with Crippen LogP contribution in [-0.4, -0.2) is 70.5 Å². The number of carbonyl (C=O) groups is 2. The molecule has 0 spiro atoms. The number of nitro groups is 1. The Balaban J connectivity index is 2.58. The molecule has 0 saturated carbocycles. The lowest BCUT2D eigenvalue weighted by Gasteiger charge is -2.35. The molecule has 0 aromatic heterocycles. The first-order valence-electron chi connectivity index (χ1n) is 8.24. The van der Waals surface area contributed by atoms with Gasteiger partial charge in [-0.15, -0.1) is 0 Å². The van der Waals surface area contributed by atoms with Gasteiger partial charge in [0.1, 0.15) is 11.4 Å². The molecular formula is C16H24N2O8. The van der Waals surface area contributed by atoms with E-state index in [1.807, 2.05) is 0 Å². The van der Waals surface area contributed by atoms with E-state index >= 15 is 0 Å². The molecule has 2 aliphatic rings. The zero-order chi connectivity index (χ0) is 19.9. The summed E-state index contributed by atoms with van der Waals surface area (Å²) >= 11 is 0. The van der Waals surface area contributed by atoms with Gasteiger partial charge in [0.2, 0.25) is 0 Å². The number of ether oxygens (including phenoxy) is 3. The summed E-state index contributed by atoms with van der Waals surface area (Å²) in [5.74, 6) is -2.03. The van der Waals surface area contributed by atoms with Crippen LogP contribution in [-0.2, 0) is 19.0 Å². The van der Waals surface area contributed by atoms with Gasteiger partial charge in [-0.25, -0.2) is 4.79 Å². The van der Waals surface area contributed by atoms with E-state index in [9.17, 15) is 24.8 Å². The minimum absolute atomic E-state index is 0.0336. The highest BCUT2D eigenvalue weighted by atomic mass is 16.6. The van der Waals surface area contributed by atoms with Crippen molar-refractivity contribution in [1.82, 2.24) is 4.90 Å². The zero-order valence-electron chi connectivity index (χ0n) is 15.4. The van der Waals surface area contributed by atoms with Gasteiger partial charge >= 0.3 is 12.1 Å². The number of hydrogen-bond acceptors (Lipinski definition) is 8. The molecular weight excluding hydrogens is 348 g/mol. The second kappa shape index (κ2) is 6.75. The lowest BCUT2D eigenvalue weighted by molar-refractivity contribution is -0.538. The molecule has 10 nitrogen and oxygen atoms in total. The number of nitrogens with zero attached hydrogens (tertiary/aromatic N) is 2. The van der Waals surface area contributed by atoms with Crippen molar-refractivity contribution in [3.05, 3.63) is 21.9 Å². The van der Waals surface area contributed by atoms with Gasteiger partial charge in [0.25, 0.3) is 6.04 Å². The summed E-state index contributed by atoms with van der Waals surface area (Å²) in [6.07, 6.45) is 0.556. The van der Waals surface area contributed by atoms with E-state index in [0.717, 1.165) is 4.90 Å². The van der Waals surface area contributed by atoms with Crippen molar-refractivity contribution in [1.29, 1.82) is 0 Å². The van der Waals surface area contributed by atoms with Crippen LogP contribution in [0.2, 0.25) is 0 Å². The van der Waals surface area contributed by atoms with E-state index in [1.165, 1.54) is 13.2 Å².